The van der Waals surface area contributed by atoms with Gasteiger partial charge < -0.3 is 10.2 Å². The maximum absolute atomic E-state index is 6.10. The van der Waals surface area contributed by atoms with E-state index in [2.05, 4.69) is 18.0 Å². The SMILES string of the molecule is Cc1cc(C)c2oc(-c3cccc(C)c3N)nc2c1. The van der Waals surface area contributed by atoms with Gasteiger partial charge in [0.2, 0.25) is 5.89 Å². The van der Waals surface area contributed by atoms with E-state index in [4.69, 9.17) is 10.2 Å². The monoisotopic (exact) mass is 252 g/mol. The molecule has 0 spiro atoms. The molecule has 3 heteroatoms. The number of oxazole rings is 1. The smallest absolute Gasteiger partial charge is 0.229 e. The van der Waals surface area contributed by atoms with Gasteiger partial charge in [0.05, 0.1) is 5.56 Å². The highest BCUT2D eigenvalue weighted by Gasteiger charge is 2.13. The molecular formula is C16H16N2O. The number of nitrogen functional groups attached to an aromatic ring is 1. The van der Waals surface area contributed by atoms with E-state index in [1.807, 2.05) is 38.1 Å². The van der Waals surface area contributed by atoms with Crippen molar-refractivity contribution in [3.63, 3.8) is 0 Å². The molecule has 0 amide bonds. The van der Waals surface area contributed by atoms with Crippen LogP contribution in [-0.2, 0) is 0 Å². The van der Waals surface area contributed by atoms with Gasteiger partial charge in [-0.1, -0.05) is 18.2 Å². The highest BCUT2D eigenvalue weighted by molar-refractivity contribution is 5.82. The predicted octanol–water partition coefficient (Wildman–Crippen LogP) is 4.00. The fourth-order valence-electron chi connectivity index (χ4n) is 2.36. The summed E-state index contributed by atoms with van der Waals surface area (Å²) < 4.78 is 5.88. The summed E-state index contributed by atoms with van der Waals surface area (Å²) in [6, 6.07) is 10.0. The lowest BCUT2D eigenvalue weighted by Gasteiger charge is -2.03. The van der Waals surface area contributed by atoms with Gasteiger partial charge >= 0.3 is 0 Å². The maximum atomic E-state index is 6.10. The molecule has 0 aliphatic heterocycles. The van der Waals surface area contributed by atoms with Crippen LogP contribution in [0, 0.1) is 20.8 Å². The molecule has 0 atom stereocenters. The van der Waals surface area contributed by atoms with Gasteiger partial charge in [0.25, 0.3) is 0 Å². The summed E-state index contributed by atoms with van der Waals surface area (Å²) in [7, 11) is 0. The Morgan fingerprint density at radius 1 is 1.05 bits per heavy atom. The number of benzene rings is 2. The number of aryl methyl sites for hydroxylation is 3. The average molecular weight is 252 g/mol. The molecule has 3 rings (SSSR count). The third-order valence-corrected chi connectivity index (χ3v) is 3.37. The summed E-state index contributed by atoms with van der Waals surface area (Å²) in [6.45, 7) is 6.07. The predicted molar refractivity (Wildman–Crippen MR) is 78.1 cm³/mol. The van der Waals surface area contributed by atoms with E-state index in [0.29, 0.717) is 5.89 Å². The van der Waals surface area contributed by atoms with Gasteiger partial charge in [-0.05, 0) is 49.6 Å². The first-order valence-corrected chi connectivity index (χ1v) is 6.29. The zero-order valence-corrected chi connectivity index (χ0v) is 11.3. The van der Waals surface area contributed by atoms with Gasteiger partial charge in [0.1, 0.15) is 5.52 Å². The Kier molecular flexibility index (Phi) is 2.56. The second kappa shape index (κ2) is 4.12. The van der Waals surface area contributed by atoms with Crippen LogP contribution in [0.5, 0.6) is 0 Å². The molecular weight excluding hydrogens is 236 g/mol. The van der Waals surface area contributed by atoms with E-state index in [9.17, 15) is 0 Å². The molecule has 19 heavy (non-hydrogen) atoms. The Balaban J connectivity index is 2.26. The number of rotatable bonds is 1. The van der Waals surface area contributed by atoms with Crippen LogP contribution in [0.15, 0.2) is 34.7 Å². The fraction of sp³-hybridized carbons (Fsp3) is 0.188. The van der Waals surface area contributed by atoms with Crippen molar-refractivity contribution in [3.8, 4) is 11.5 Å². The van der Waals surface area contributed by atoms with Crippen LogP contribution in [0.1, 0.15) is 16.7 Å². The number of anilines is 1. The van der Waals surface area contributed by atoms with Crippen LogP contribution in [0.3, 0.4) is 0 Å². The highest BCUT2D eigenvalue weighted by atomic mass is 16.3. The molecule has 0 radical (unpaired) electrons. The van der Waals surface area contributed by atoms with Crippen LogP contribution in [0.4, 0.5) is 5.69 Å². The summed E-state index contributed by atoms with van der Waals surface area (Å²) in [5, 5.41) is 0. The molecule has 96 valence electrons. The maximum Gasteiger partial charge on any atom is 0.229 e. The minimum absolute atomic E-state index is 0.588. The van der Waals surface area contributed by atoms with Crippen molar-refractivity contribution in [2.45, 2.75) is 20.8 Å². The van der Waals surface area contributed by atoms with Gasteiger partial charge in [-0.3, -0.25) is 0 Å². The van der Waals surface area contributed by atoms with Crippen LogP contribution in [0.2, 0.25) is 0 Å². The van der Waals surface area contributed by atoms with Crippen LogP contribution >= 0.6 is 0 Å². The molecule has 0 aliphatic carbocycles. The van der Waals surface area contributed by atoms with Crippen molar-refractivity contribution in [2.75, 3.05) is 5.73 Å². The van der Waals surface area contributed by atoms with Gasteiger partial charge in [-0.15, -0.1) is 0 Å². The lowest BCUT2D eigenvalue weighted by atomic mass is 10.1. The largest absolute Gasteiger partial charge is 0.436 e. The number of aromatic nitrogens is 1. The van der Waals surface area contributed by atoms with Crippen molar-refractivity contribution < 1.29 is 4.42 Å². The molecule has 0 saturated carbocycles. The first kappa shape index (κ1) is 11.8. The third kappa shape index (κ3) is 1.87. The van der Waals surface area contributed by atoms with Crippen molar-refractivity contribution in [1.29, 1.82) is 0 Å². The molecule has 1 aromatic heterocycles. The van der Waals surface area contributed by atoms with Crippen LogP contribution < -0.4 is 5.73 Å². The number of fused-ring (bicyclic) bond motifs is 1. The molecule has 3 aromatic rings. The lowest BCUT2D eigenvalue weighted by Crippen LogP contribution is -1.93. The Hall–Kier alpha value is -2.29. The highest BCUT2D eigenvalue weighted by Crippen LogP contribution is 2.31. The number of nitrogens with zero attached hydrogens (tertiary/aromatic N) is 1. The van der Waals surface area contributed by atoms with Crippen LogP contribution in [0.25, 0.3) is 22.6 Å². The minimum atomic E-state index is 0.588. The van der Waals surface area contributed by atoms with Crippen molar-refractivity contribution in [2.24, 2.45) is 0 Å². The van der Waals surface area contributed by atoms with E-state index in [-0.39, 0.29) is 0 Å². The summed E-state index contributed by atoms with van der Waals surface area (Å²) in [4.78, 5) is 4.56. The minimum Gasteiger partial charge on any atom is -0.436 e. The second-order valence-corrected chi connectivity index (χ2v) is 4.99. The van der Waals surface area contributed by atoms with Crippen molar-refractivity contribution >= 4 is 16.8 Å². The van der Waals surface area contributed by atoms with E-state index >= 15 is 0 Å². The quantitative estimate of drug-likeness (QED) is 0.666. The van der Waals surface area contributed by atoms with Gasteiger partial charge in [-0.2, -0.15) is 0 Å². The lowest BCUT2D eigenvalue weighted by molar-refractivity contribution is 0.617. The van der Waals surface area contributed by atoms with E-state index < -0.39 is 0 Å². The number of hydrogen-bond acceptors (Lipinski definition) is 3. The molecule has 0 saturated heterocycles. The Labute approximate surface area is 112 Å². The number of hydrogen-bond donors (Lipinski definition) is 1. The number of nitrogens with two attached hydrogens (primary N) is 1. The number of para-hydroxylation sites is 1. The second-order valence-electron chi connectivity index (χ2n) is 4.99. The Morgan fingerprint density at radius 3 is 2.63 bits per heavy atom. The molecule has 3 nitrogen and oxygen atoms in total. The van der Waals surface area contributed by atoms with E-state index in [0.717, 1.165) is 33.5 Å². The average Bonchev–Trinajstić information content (AvgIpc) is 2.76. The van der Waals surface area contributed by atoms with Crippen molar-refractivity contribution in [3.05, 3.63) is 47.0 Å². The summed E-state index contributed by atoms with van der Waals surface area (Å²) in [5.41, 5.74) is 12.7. The van der Waals surface area contributed by atoms with Gasteiger partial charge in [0, 0.05) is 5.69 Å². The Bertz CT molecular complexity index is 772. The summed E-state index contributed by atoms with van der Waals surface area (Å²) in [5.74, 6) is 0.588. The summed E-state index contributed by atoms with van der Waals surface area (Å²) in [6.07, 6.45) is 0. The zero-order valence-electron chi connectivity index (χ0n) is 11.3. The Morgan fingerprint density at radius 2 is 1.84 bits per heavy atom. The first-order chi connectivity index (χ1) is 9.06. The fourth-order valence-corrected chi connectivity index (χ4v) is 2.36. The van der Waals surface area contributed by atoms with Gasteiger partial charge in [-0.25, -0.2) is 4.98 Å². The molecule has 0 bridgehead atoms. The van der Waals surface area contributed by atoms with E-state index in [1.165, 1.54) is 5.56 Å². The first-order valence-electron chi connectivity index (χ1n) is 6.29. The van der Waals surface area contributed by atoms with Gasteiger partial charge in [0.15, 0.2) is 5.58 Å². The normalized spacial score (nSPS) is 11.1. The standard InChI is InChI=1S/C16H16N2O/c1-9-7-11(3)15-13(8-9)18-16(19-15)12-6-4-5-10(2)14(12)17/h4-8H,17H2,1-3H3. The molecule has 0 aliphatic rings. The van der Waals surface area contributed by atoms with Crippen molar-refractivity contribution in [1.82, 2.24) is 4.98 Å². The molecule has 2 N–H and O–H groups in total. The summed E-state index contributed by atoms with van der Waals surface area (Å²) >= 11 is 0. The zero-order chi connectivity index (χ0) is 13.6. The topological polar surface area (TPSA) is 52.0 Å². The van der Waals surface area contributed by atoms with Crippen LogP contribution in [-0.4, -0.2) is 4.98 Å². The molecule has 0 fully saturated rings. The third-order valence-electron chi connectivity index (χ3n) is 3.37. The van der Waals surface area contributed by atoms with E-state index in [1.54, 1.807) is 0 Å². The molecule has 0 unspecified atom stereocenters. The molecule has 1 heterocycles. The molecule has 2 aromatic carbocycles.